The van der Waals surface area contributed by atoms with Gasteiger partial charge in [0.05, 0.1) is 23.6 Å². The molecule has 3 N–H and O–H groups in total. The highest BCUT2D eigenvalue weighted by Gasteiger charge is 2.37. The number of carbonyl (C=O) groups is 1. The van der Waals surface area contributed by atoms with E-state index in [2.05, 4.69) is 25.5 Å². The zero-order valence-electron chi connectivity index (χ0n) is 20.6. The fraction of sp³-hybridized carbons (Fsp3) is 0.308. The third kappa shape index (κ3) is 5.88. The molecule has 8 nitrogen and oxygen atoms in total. The van der Waals surface area contributed by atoms with Gasteiger partial charge in [0.25, 0.3) is 5.91 Å². The molecule has 0 radical (unpaired) electrons. The summed E-state index contributed by atoms with van der Waals surface area (Å²) < 4.78 is 44.7. The minimum Gasteiger partial charge on any atom is -0.456 e. The number of amides is 1. The van der Waals surface area contributed by atoms with Gasteiger partial charge in [-0.2, -0.15) is 13.2 Å². The van der Waals surface area contributed by atoms with Crippen molar-refractivity contribution in [1.29, 1.82) is 5.41 Å². The van der Waals surface area contributed by atoms with E-state index in [1.807, 2.05) is 26.1 Å². The van der Waals surface area contributed by atoms with Gasteiger partial charge in [0, 0.05) is 51.0 Å². The van der Waals surface area contributed by atoms with E-state index in [-0.39, 0.29) is 24.8 Å². The first-order valence-electron chi connectivity index (χ1n) is 11.7. The van der Waals surface area contributed by atoms with Crippen LogP contribution in [0.25, 0.3) is 11.3 Å². The van der Waals surface area contributed by atoms with E-state index in [9.17, 15) is 18.0 Å². The number of aryl methyl sites for hydroxylation is 1. The first kappa shape index (κ1) is 26.1. The van der Waals surface area contributed by atoms with Crippen LogP contribution in [-0.2, 0) is 6.42 Å². The van der Waals surface area contributed by atoms with Gasteiger partial charge >= 0.3 is 6.18 Å². The maximum atomic E-state index is 13.0. The van der Waals surface area contributed by atoms with Crippen LogP contribution in [-0.4, -0.2) is 65.9 Å². The molecule has 196 valence electrons. The third-order valence-corrected chi connectivity index (χ3v) is 6.05. The summed E-state index contributed by atoms with van der Waals surface area (Å²) in [4.78, 5) is 23.1. The molecular weight excluding hydrogens is 485 g/mol. The van der Waals surface area contributed by atoms with E-state index in [1.165, 1.54) is 13.1 Å². The van der Waals surface area contributed by atoms with Crippen LogP contribution in [0.3, 0.4) is 0 Å². The molecule has 1 aromatic carbocycles. The van der Waals surface area contributed by atoms with Crippen molar-refractivity contribution in [2.75, 3.05) is 32.5 Å². The van der Waals surface area contributed by atoms with Crippen molar-refractivity contribution in [3.05, 3.63) is 65.6 Å². The summed E-state index contributed by atoms with van der Waals surface area (Å²) in [7, 11) is 3.45. The first-order valence-corrected chi connectivity index (χ1v) is 11.7. The first-order chi connectivity index (χ1) is 17.6. The lowest BCUT2D eigenvalue weighted by atomic mass is 9.98. The largest absolute Gasteiger partial charge is 0.456 e. The van der Waals surface area contributed by atoms with E-state index < -0.39 is 17.6 Å². The number of benzene rings is 1. The second-order valence-electron chi connectivity index (χ2n) is 8.79. The molecule has 1 aliphatic rings. The summed E-state index contributed by atoms with van der Waals surface area (Å²) in [5.41, 5.74) is 0.882. The lowest BCUT2D eigenvalue weighted by Gasteiger charge is -2.36. The molecule has 4 rings (SSSR count). The highest BCUT2D eigenvalue weighted by molar-refractivity contribution is 6.05. The minimum absolute atomic E-state index is 0. The number of nitrogens with zero attached hydrogens (tertiary/aromatic N) is 3. The number of carbonyl (C=O) groups excluding carboxylic acids is 1. The van der Waals surface area contributed by atoms with Crippen LogP contribution in [0.2, 0.25) is 0 Å². The number of halogens is 3. The van der Waals surface area contributed by atoms with Crippen molar-refractivity contribution in [1.82, 2.24) is 20.2 Å². The number of likely N-dealkylation sites (N-methyl/N-ethyl adjacent to an activating group) is 1. The second-order valence-corrected chi connectivity index (χ2v) is 8.79. The van der Waals surface area contributed by atoms with Crippen molar-refractivity contribution in [2.24, 2.45) is 0 Å². The van der Waals surface area contributed by atoms with Gasteiger partial charge in [-0.25, -0.2) is 4.98 Å². The molecule has 37 heavy (non-hydrogen) atoms. The summed E-state index contributed by atoms with van der Waals surface area (Å²) in [6.45, 7) is 3.65. The van der Waals surface area contributed by atoms with Crippen LogP contribution in [0.15, 0.2) is 48.8 Å². The van der Waals surface area contributed by atoms with Gasteiger partial charge in [-0.05, 0) is 37.2 Å². The molecule has 3 aromatic rings. The topological polar surface area (TPSA) is 103 Å². The van der Waals surface area contributed by atoms with E-state index in [4.69, 9.17) is 10.1 Å². The quantitative estimate of drug-likeness (QED) is 0.375. The number of hydrogen-bond donors (Lipinski definition) is 3. The molecule has 3 heterocycles. The molecule has 2 aromatic heterocycles. The molecule has 0 atom stereocenters. The number of aromatic nitrogens is 2. The molecule has 1 aliphatic heterocycles. The number of anilines is 1. The predicted molar refractivity (Wildman–Crippen MR) is 137 cm³/mol. The average Bonchev–Trinajstić information content (AvgIpc) is 2.86. The van der Waals surface area contributed by atoms with Gasteiger partial charge in [-0.3, -0.25) is 15.2 Å². The Hall–Kier alpha value is -3.99. The maximum absolute atomic E-state index is 13.0. The highest BCUT2D eigenvalue weighted by atomic mass is 19.4. The highest BCUT2D eigenvalue weighted by Crippen LogP contribution is 2.31. The summed E-state index contributed by atoms with van der Waals surface area (Å²) in [6, 6.07) is 10.4. The summed E-state index contributed by atoms with van der Waals surface area (Å²) in [5.74, 6) is 0.506. The Bertz CT molecular complexity index is 1330. The normalized spacial score (nSPS) is 14.1. The molecule has 0 unspecified atom stereocenters. The Morgan fingerprint density at radius 1 is 1.19 bits per heavy atom. The molecule has 0 spiro atoms. The van der Waals surface area contributed by atoms with Crippen LogP contribution in [0, 0.1) is 5.41 Å². The zero-order chi connectivity index (χ0) is 26.7. The van der Waals surface area contributed by atoms with Crippen LogP contribution in [0.5, 0.6) is 11.5 Å². The fourth-order valence-electron chi connectivity index (χ4n) is 4.11. The molecule has 1 saturated heterocycles. The monoisotopic (exact) mass is 514 g/mol. The molecule has 0 saturated carbocycles. The van der Waals surface area contributed by atoms with Crippen molar-refractivity contribution in [3.8, 4) is 22.8 Å². The van der Waals surface area contributed by atoms with E-state index >= 15 is 0 Å². The van der Waals surface area contributed by atoms with E-state index in [0.29, 0.717) is 23.4 Å². The number of likely N-dealkylation sites (tertiary alicyclic amines) is 1. The van der Waals surface area contributed by atoms with E-state index in [1.54, 1.807) is 24.4 Å². The summed E-state index contributed by atoms with van der Waals surface area (Å²) >= 11 is 0. The lowest BCUT2D eigenvalue weighted by Crippen LogP contribution is -2.57. The van der Waals surface area contributed by atoms with Crippen molar-refractivity contribution in [3.63, 3.8) is 0 Å². The molecule has 0 bridgehead atoms. The fourth-order valence-corrected chi connectivity index (χ4v) is 4.11. The molecule has 0 aliphatic carbocycles. The smallest absolute Gasteiger partial charge is 0.434 e. The molecule has 1 amide bonds. The molecule has 1 fully saturated rings. The van der Waals surface area contributed by atoms with Crippen LogP contribution in [0.4, 0.5) is 18.9 Å². The zero-order valence-corrected chi connectivity index (χ0v) is 20.6. The summed E-state index contributed by atoms with van der Waals surface area (Å²) in [5, 5.41) is 13.1. The maximum Gasteiger partial charge on any atom is 0.434 e. The standard InChI is InChI=1S/C26H27F3N6O2.H2/c1-4-15-9-16(5-6-20(15)25(36)34-17-13-35(3)14-17)21-10-18(7-8-32-21)37-19-11-22(31-2)23(33-12-19)24(30)26(27,28)29;/h5-12,17,30-31H,4,13-14H2,1-3H3,(H,34,36);1H. The van der Waals surface area contributed by atoms with Gasteiger partial charge in [0.15, 0.2) is 5.71 Å². The number of hydrogen-bond acceptors (Lipinski definition) is 7. The van der Waals surface area contributed by atoms with E-state index in [0.717, 1.165) is 30.4 Å². The molecule has 11 heteroatoms. The van der Waals surface area contributed by atoms with Crippen LogP contribution in [0.1, 0.15) is 30.0 Å². The number of ether oxygens (including phenoxy) is 1. The lowest BCUT2D eigenvalue weighted by molar-refractivity contribution is -0.0589. The Labute approximate surface area is 213 Å². The van der Waals surface area contributed by atoms with Crippen molar-refractivity contribution in [2.45, 2.75) is 25.6 Å². The predicted octanol–water partition coefficient (Wildman–Crippen LogP) is 4.76. The van der Waals surface area contributed by atoms with Gasteiger partial charge in [0.2, 0.25) is 0 Å². The Kier molecular flexibility index (Phi) is 7.44. The average molecular weight is 515 g/mol. The Morgan fingerprint density at radius 3 is 2.59 bits per heavy atom. The molecular formula is C26H29F3N6O2. The second kappa shape index (κ2) is 10.6. The summed E-state index contributed by atoms with van der Waals surface area (Å²) in [6.07, 6.45) is -1.46. The van der Waals surface area contributed by atoms with Crippen LogP contribution >= 0.6 is 0 Å². The third-order valence-electron chi connectivity index (χ3n) is 6.05. The van der Waals surface area contributed by atoms with Gasteiger partial charge in [-0.15, -0.1) is 0 Å². The van der Waals surface area contributed by atoms with Crippen molar-refractivity contribution < 1.29 is 24.1 Å². The minimum atomic E-state index is -4.82. The van der Waals surface area contributed by atoms with Gasteiger partial charge < -0.3 is 20.3 Å². The Morgan fingerprint density at radius 2 is 1.95 bits per heavy atom. The number of rotatable bonds is 8. The van der Waals surface area contributed by atoms with Gasteiger partial charge in [-0.1, -0.05) is 13.0 Å². The number of nitrogens with one attached hydrogen (secondary N) is 3. The number of alkyl halides is 3. The van der Waals surface area contributed by atoms with Crippen LogP contribution < -0.4 is 15.4 Å². The van der Waals surface area contributed by atoms with Crippen molar-refractivity contribution >= 4 is 17.3 Å². The van der Waals surface area contributed by atoms with Gasteiger partial charge in [0.1, 0.15) is 17.2 Å². The Balaban J connectivity index is 0.00000400. The SMILES string of the molecule is CCc1cc(-c2cc(Oc3cnc(C(=N)C(F)(F)F)c(NC)c3)ccn2)ccc1C(=O)NC1CN(C)C1.[HH]. The number of pyridine rings is 2.